The average molecular weight is 728 g/mol. The van der Waals surface area contributed by atoms with E-state index in [4.69, 9.17) is 27.1 Å². The van der Waals surface area contributed by atoms with Gasteiger partial charge in [-0.15, -0.1) is 21.5 Å². The average Bonchev–Trinajstić information content (AvgIpc) is 3.59. The first kappa shape index (κ1) is 37.4. The van der Waals surface area contributed by atoms with Crippen LogP contribution in [0.3, 0.4) is 0 Å². The third kappa shape index (κ3) is 9.10. The van der Waals surface area contributed by atoms with Gasteiger partial charge in [-0.25, -0.2) is 4.79 Å². The maximum absolute atomic E-state index is 13.3. The number of ether oxygens (including phenoxy) is 1. The minimum absolute atomic E-state index is 0.00248. The summed E-state index contributed by atoms with van der Waals surface area (Å²) in [6, 6.07) is 11.8. The van der Waals surface area contributed by atoms with Crippen molar-refractivity contribution < 1.29 is 19.1 Å². The fraction of sp³-hybridized carbons (Fsp3) is 0.368. The quantitative estimate of drug-likeness (QED) is 0.0821. The topological polar surface area (TPSA) is 154 Å². The number of methoxy groups -OCH3 is 1. The standard InChI is InChI=1S/C38H42ClN7O4S/c1-23-24(2)51-37-34(23)35(27-12-15-28(39)16-13-27)43-31(36-45-44-25(3)46(36)37)22-33(48)41-20-18-32(47)42-29-17-14-26(30(21-29)38(49)50-4)11-9-7-5-6-8-10-19-40/h12-17,21,31H,5-8,10,18-20,22,40H2,1-4H3,(H,41,48)(H,42,47)/t31-/m0/s1. The molecule has 5 rings (SSSR count). The van der Waals surface area contributed by atoms with Crippen molar-refractivity contribution in [1.82, 2.24) is 20.1 Å². The molecular weight excluding hydrogens is 686 g/mol. The van der Waals surface area contributed by atoms with Gasteiger partial charge in [0.15, 0.2) is 5.82 Å². The molecule has 2 aromatic carbocycles. The van der Waals surface area contributed by atoms with E-state index >= 15 is 0 Å². The van der Waals surface area contributed by atoms with Crippen molar-refractivity contribution in [1.29, 1.82) is 0 Å². The number of hydrogen-bond donors (Lipinski definition) is 3. The van der Waals surface area contributed by atoms with Gasteiger partial charge in [-0.3, -0.25) is 19.1 Å². The number of aliphatic imine (C=N–C) groups is 1. The van der Waals surface area contributed by atoms with Gasteiger partial charge in [-0.1, -0.05) is 48.4 Å². The molecule has 4 N–H and O–H groups in total. The molecular formula is C38H42ClN7O4S. The zero-order chi connectivity index (χ0) is 36.5. The number of halogens is 1. The minimum Gasteiger partial charge on any atom is -0.465 e. The third-order valence-corrected chi connectivity index (χ3v) is 10.0. The summed E-state index contributed by atoms with van der Waals surface area (Å²) in [7, 11) is 1.30. The summed E-state index contributed by atoms with van der Waals surface area (Å²) in [5.74, 6) is 6.29. The van der Waals surface area contributed by atoms with Crippen LogP contribution in [0, 0.1) is 32.6 Å². The van der Waals surface area contributed by atoms with Gasteiger partial charge in [0.1, 0.15) is 16.9 Å². The van der Waals surface area contributed by atoms with E-state index in [1.165, 1.54) is 7.11 Å². The van der Waals surface area contributed by atoms with Crippen molar-refractivity contribution in [2.75, 3.05) is 25.5 Å². The van der Waals surface area contributed by atoms with E-state index in [0.717, 1.165) is 58.0 Å². The van der Waals surface area contributed by atoms with Gasteiger partial charge in [0.25, 0.3) is 0 Å². The molecule has 3 heterocycles. The Balaban J connectivity index is 1.24. The summed E-state index contributed by atoms with van der Waals surface area (Å²) >= 11 is 7.85. The maximum Gasteiger partial charge on any atom is 0.339 e. The van der Waals surface area contributed by atoms with Crippen LogP contribution >= 0.6 is 22.9 Å². The van der Waals surface area contributed by atoms with Crippen molar-refractivity contribution in [2.24, 2.45) is 10.7 Å². The van der Waals surface area contributed by atoms with Gasteiger partial charge in [0.2, 0.25) is 11.8 Å². The molecule has 0 saturated carbocycles. The summed E-state index contributed by atoms with van der Waals surface area (Å²) in [5, 5.41) is 16.0. The van der Waals surface area contributed by atoms with Gasteiger partial charge in [-0.2, -0.15) is 0 Å². The number of carbonyl (C=O) groups is 3. The Labute approximate surface area is 307 Å². The van der Waals surface area contributed by atoms with E-state index in [-0.39, 0.29) is 36.8 Å². The number of fused-ring (bicyclic) bond motifs is 3. The van der Waals surface area contributed by atoms with Crippen LogP contribution in [0.2, 0.25) is 5.02 Å². The van der Waals surface area contributed by atoms with Crippen LogP contribution in [0.15, 0.2) is 47.5 Å². The van der Waals surface area contributed by atoms with Gasteiger partial charge >= 0.3 is 5.97 Å². The molecule has 2 aromatic heterocycles. The smallest absolute Gasteiger partial charge is 0.339 e. The normalized spacial score (nSPS) is 13.2. The lowest BCUT2D eigenvalue weighted by molar-refractivity contribution is -0.121. The number of aromatic nitrogens is 3. The fourth-order valence-corrected chi connectivity index (χ4v) is 7.14. The van der Waals surface area contributed by atoms with Crippen molar-refractivity contribution in [3.63, 3.8) is 0 Å². The lowest BCUT2D eigenvalue weighted by Crippen LogP contribution is -2.29. The number of rotatable bonds is 13. The SMILES string of the molecule is COC(=O)c1cc(NC(=O)CCNC(=O)C[C@@H]2N=C(c3ccc(Cl)cc3)c3c(sc(C)c3C)-n3c(C)nnc32)ccc1C#CCCCCCCN. The summed E-state index contributed by atoms with van der Waals surface area (Å²) in [6.07, 6.45) is 4.81. The van der Waals surface area contributed by atoms with Crippen LogP contribution in [0.4, 0.5) is 5.69 Å². The largest absolute Gasteiger partial charge is 0.465 e. The molecule has 1 aliphatic heterocycles. The summed E-state index contributed by atoms with van der Waals surface area (Å²) < 4.78 is 6.94. The van der Waals surface area contributed by atoms with Crippen molar-refractivity contribution in [3.05, 3.63) is 91.8 Å². The Morgan fingerprint density at radius 1 is 1.02 bits per heavy atom. The number of benzene rings is 2. The number of nitrogens with two attached hydrogens (primary N) is 1. The predicted octanol–water partition coefficient (Wildman–Crippen LogP) is 6.38. The molecule has 11 nitrogen and oxygen atoms in total. The molecule has 4 aromatic rings. The summed E-state index contributed by atoms with van der Waals surface area (Å²) in [6.45, 7) is 6.82. The molecule has 0 bridgehead atoms. The zero-order valence-corrected chi connectivity index (χ0v) is 30.8. The molecule has 0 aliphatic carbocycles. The van der Waals surface area contributed by atoms with Crippen LogP contribution in [0.5, 0.6) is 0 Å². The number of carbonyl (C=O) groups excluding carboxylic acids is 3. The van der Waals surface area contributed by atoms with Gasteiger partial charge in [-0.05, 0) is 76.1 Å². The van der Waals surface area contributed by atoms with Crippen molar-refractivity contribution in [2.45, 2.75) is 71.8 Å². The lowest BCUT2D eigenvalue weighted by atomic mass is 9.99. The third-order valence-electron chi connectivity index (χ3n) is 8.60. The fourth-order valence-electron chi connectivity index (χ4n) is 5.80. The van der Waals surface area contributed by atoms with E-state index in [9.17, 15) is 14.4 Å². The number of esters is 1. The Morgan fingerprint density at radius 2 is 1.78 bits per heavy atom. The number of unbranched alkanes of at least 4 members (excludes halogenated alkanes) is 4. The maximum atomic E-state index is 13.3. The lowest BCUT2D eigenvalue weighted by Gasteiger charge is -2.13. The molecule has 0 fully saturated rings. The molecule has 0 unspecified atom stereocenters. The van der Waals surface area contributed by atoms with Gasteiger partial charge in [0.05, 0.1) is 24.8 Å². The summed E-state index contributed by atoms with van der Waals surface area (Å²) in [4.78, 5) is 45.0. The number of amides is 2. The Hall–Kier alpha value is -4.83. The first-order valence-corrected chi connectivity index (χ1v) is 18.1. The highest BCUT2D eigenvalue weighted by molar-refractivity contribution is 7.15. The summed E-state index contributed by atoms with van der Waals surface area (Å²) in [5.41, 5.74) is 10.5. The van der Waals surface area contributed by atoms with Crippen LogP contribution in [0.25, 0.3) is 5.00 Å². The second-order valence-corrected chi connectivity index (χ2v) is 13.9. The van der Waals surface area contributed by atoms with E-state index < -0.39 is 12.0 Å². The molecule has 51 heavy (non-hydrogen) atoms. The van der Waals surface area contributed by atoms with E-state index in [1.807, 2.05) is 35.8 Å². The van der Waals surface area contributed by atoms with Gasteiger partial charge < -0.3 is 21.1 Å². The first-order chi connectivity index (χ1) is 24.6. The number of nitrogens with zero attached hydrogens (tertiary/aromatic N) is 4. The molecule has 0 radical (unpaired) electrons. The molecule has 2 amide bonds. The van der Waals surface area contributed by atoms with Crippen LogP contribution in [0.1, 0.15) is 100 Å². The van der Waals surface area contributed by atoms with Gasteiger partial charge in [0, 0.05) is 51.7 Å². The predicted molar refractivity (Wildman–Crippen MR) is 201 cm³/mol. The Kier molecular flexibility index (Phi) is 12.8. The molecule has 266 valence electrons. The number of aryl methyl sites for hydroxylation is 2. The second-order valence-electron chi connectivity index (χ2n) is 12.3. The molecule has 1 aliphatic rings. The molecule has 0 spiro atoms. The van der Waals surface area contributed by atoms with E-state index in [1.54, 1.807) is 29.5 Å². The van der Waals surface area contributed by atoms with E-state index in [2.05, 4.69) is 46.5 Å². The Morgan fingerprint density at radius 3 is 2.53 bits per heavy atom. The zero-order valence-electron chi connectivity index (χ0n) is 29.3. The van der Waals surface area contributed by atoms with E-state index in [0.29, 0.717) is 40.9 Å². The monoisotopic (exact) mass is 727 g/mol. The highest BCUT2D eigenvalue weighted by Gasteiger charge is 2.32. The highest BCUT2D eigenvalue weighted by atomic mass is 35.5. The molecule has 1 atom stereocenters. The first-order valence-electron chi connectivity index (χ1n) is 17.0. The van der Waals surface area contributed by atoms with Crippen molar-refractivity contribution >= 4 is 52.1 Å². The van der Waals surface area contributed by atoms with Crippen molar-refractivity contribution in [3.8, 4) is 16.8 Å². The number of hydrogen-bond acceptors (Lipinski definition) is 9. The molecule has 0 saturated heterocycles. The number of anilines is 1. The van der Waals surface area contributed by atoms with Crippen LogP contribution in [-0.2, 0) is 14.3 Å². The Bertz CT molecular complexity index is 2010. The number of nitrogens with one attached hydrogen (secondary N) is 2. The molecule has 13 heteroatoms. The number of thiophene rings is 1. The van der Waals surface area contributed by atoms with Crippen LogP contribution in [-0.4, -0.2) is 58.5 Å². The minimum atomic E-state index is -0.625. The highest BCUT2D eigenvalue weighted by Crippen LogP contribution is 2.39. The second kappa shape index (κ2) is 17.4. The van der Waals surface area contributed by atoms with Crippen LogP contribution < -0.4 is 16.4 Å².